The molecule has 2 heterocycles. The molecular weight excluding hydrogens is 298 g/mol. The van der Waals surface area contributed by atoms with Crippen LogP contribution in [0, 0.1) is 0 Å². The summed E-state index contributed by atoms with van der Waals surface area (Å²) in [5.41, 5.74) is 1.72. The molecule has 0 radical (unpaired) electrons. The van der Waals surface area contributed by atoms with Crippen molar-refractivity contribution in [2.24, 2.45) is 0 Å². The first-order valence-corrected chi connectivity index (χ1v) is 6.73. The molecule has 0 bridgehead atoms. The number of nitrogens with one attached hydrogen (secondary N) is 1. The van der Waals surface area contributed by atoms with Gasteiger partial charge in [0.2, 0.25) is 5.78 Å². The molecule has 0 aliphatic rings. The Hall–Kier alpha value is -1.39. The van der Waals surface area contributed by atoms with Gasteiger partial charge in [0.1, 0.15) is 0 Å². The van der Waals surface area contributed by atoms with Gasteiger partial charge < -0.3 is 4.98 Å². The van der Waals surface area contributed by atoms with Crippen LogP contribution in [0.25, 0.3) is 10.9 Å². The zero-order valence-electron chi connectivity index (χ0n) is 8.74. The highest BCUT2D eigenvalue weighted by Crippen LogP contribution is 2.27. The van der Waals surface area contributed by atoms with Crippen molar-refractivity contribution in [3.05, 3.63) is 56.8 Å². The SMILES string of the molecule is O=C(c1ccc(Br)s1)c1c[nH]c2ccccc12. The van der Waals surface area contributed by atoms with Crippen molar-refractivity contribution in [1.82, 2.24) is 4.98 Å². The van der Waals surface area contributed by atoms with Gasteiger partial charge in [-0.1, -0.05) is 18.2 Å². The first kappa shape index (κ1) is 10.7. The number of carbonyl (C=O) groups excluding carboxylic acids is 1. The van der Waals surface area contributed by atoms with Crippen molar-refractivity contribution in [2.75, 3.05) is 0 Å². The summed E-state index contributed by atoms with van der Waals surface area (Å²) in [7, 11) is 0. The average molecular weight is 306 g/mol. The number of hydrogen-bond acceptors (Lipinski definition) is 2. The van der Waals surface area contributed by atoms with E-state index in [2.05, 4.69) is 20.9 Å². The number of carbonyl (C=O) groups is 1. The first-order valence-electron chi connectivity index (χ1n) is 5.12. The van der Waals surface area contributed by atoms with Crippen molar-refractivity contribution in [1.29, 1.82) is 0 Å². The Morgan fingerprint density at radius 1 is 1.18 bits per heavy atom. The molecule has 0 atom stereocenters. The summed E-state index contributed by atoms with van der Waals surface area (Å²) in [5.74, 6) is 0.0677. The van der Waals surface area contributed by atoms with Crippen LogP contribution in [0.2, 0.25) is 0 Å². The first-order chi connectivity index (χ1) is 8.25. The van der Waals surface area contributed by atoms with Crippen molar-refractivity contribution < 1.29 is 4.79 Å². The van der Waals surface area contributed by atoms with Gasteiger partial charge in [0.25, 0.3) is 0 Å². The van der Waals surface area contributed by atoms with Gasteiger partial charge in [-0.2, -0.15) is 0 Å². The van der Waals surface area contributed by atoms with Crippen LogP contribution in [0.3, 0.4) is 0 Å². The third-order valence-corrected chi connectivity index (χ3v) is 4.25. The summed E-state index contributed by atoms with van der Waals surface area (Å²) in [6.45, 7) is 0. The number of thiophene rings is 1. The van der Waals surface area contributed by atoms with Crippen LogP contribution in [-0.2, 0) is 0 Å². The molecule has 0 saturated heterocycles. The molecule has 1 N–H and O–H groups in total. The largest absolute Gasteiger partial charge is 0.360 e. The highest BCUT2D eigenvalue weighted by molar-refractivity contribution is 9.11. The molecular formula is C13H8BrNOS. The summed E-state index contributed by atoms with van der Waals surface area (Å²) >= 11 is 4.83. The van der Waals surface area contributed by atoms with E-state index in [-0.39, 0.29) is 5.78 Å². The summed E-state index contributed by atoms with van der Waals surface area (Å²) in [4.78, 5) is 16.2. The minimum Gasteiger partial charge on any atom is -0.360 e. The average Bonchev–Trinajstić information content (AvgIpc) is 2.94. The molecule has 3 rings (SSSR count). The van der Waals surface area contributed by atoms with E-state index in [0.717, 1.165) is 25.1 Å². The van der Waals surface area contributed by atoms with Gasteiger partial charge in [0, 0.05) is 22.7 Å². The predicted octanol–water partition coefficient (Wildman–Crippen LogP) is 4.22. The molecule has 3 aromatic rings. The Morgan fingerprint density at radius 2 is 2.00 bits per heavy atom. The normalized spacial score (nSPS) is 10.9. The molecule has 2 aromatic heterocycles. The molecule has 0 fully saturated rings. The van der Waals surface area contributed by atoms with E-state index in [1.165, 1.54) is 11.3 Å². The maximum atomic E-state index is 12.3. The van der Waals surface area contributed by atoms with Gasteiger partial charge >= 0.3 is 0 Å². The second-order valence-electron chi connectivity index (χ2n) is 3.68. The number of rotatable bonds is 2. The molecule has 84 valence electrons. The Kier molecular flexibility index (Phi) is 2.61. The van der Waals surface area contributed by atoms with E-state index in [4.69, 9.17) is 0 Å². The molecule has 1 aromatic carbocycles. The van der Waals surface area contributed by atoms with Gasteiger partial charge in [0.15, 0.2) is 0 Å². The molecule has 0 spiro atoms. The quantitative estimate of drug-likeness (QED) is 0.706. The monoisotopic (exact) mass is 305 g/mol. The zero-order valence-corrected chi connectivity index (χ0v) is 11.1. The predicted molar refractivity (Wildman–Crippen MR) is 73.8 cm³/mol. The lowest BCUT2D eigenvalue weighted by Crippen LogP contribution is -1.96. The number of H-pyrrole nitrogens is 1. The number of aromatic amines is 1. The van der Waals surface area contributed by atoms with E-state index in [1.54, 1.807) is 6.20 Å². The maximum absolute atomic E-state index is 12.3. The van der Waals surface area contributed by atoms with Crippen LogP contribution in [0.15, 0.2) is 46.4 Å². The molecule has 0 aliphatic carbocycles. The van der Waals surface area contributed by atoms with Gasteiger partial charge in [-0.15, -0.1) is 11.3 Å². The maximum Gasteiger partial charge on any atom is 0.205 e. The standard InChI is InChI=1S/C13H8BrNOS/c14-12-6-5-11(17-12)13(16)9-7-15-10-4-2-1-3-8(9)10/h1-7,15H. The molecule has 4 heteroatoms. The van der Waals surface area contributed by atoms with E-state index in [9.17, 15) is 4.79 Å². The van der Waals surface area contributed by atoms with Crippen molar-refractivity contribution in [2.45, 2.75) is 0 Å². The van der Waals surface area contributed by atoms with Gasteiger partial charge in [-0.25, -0.2) is 0 Å². The molecule has 0 aliphatic heterocycles. The lowest BCUT2D eigenvalue weighted by Gasteiger charge is -1.95. The van der Waals surface area contributed by atoms with Crippen molar-refractivity contribution >= 4 is 44.0 Å². The Morgan fingerprint density at radius 3 is 2.76 bits per heavy atom. The summed E-state index contributed by atoms with van der Waals surface area (Å²) in [5, 5.41) is 0.974. The molecule has 17 heavy (non-hydrogen) atoms. The Balaban J connectivity index is 2.13. The number of para-hydroxylation sites is 1. The van der Waals surface area contributed by atoms with Crippen LogP contribution in [-0.4, -0.2) is 10.8 Å². The third kappa shape index (κ3) is 1.83. The second-order valence-corrected chi connectivity index (χ2v) is 6.14. The number of fused-ring (bicyclic) bond motifs is 1. The lowest BCUT2D eigenvalue weighted by atomic mass is 10.1. The third-order valence-electron chi connectivity index (χ3n) is 2.63. The number of ketones is 1. The fourth-order valence-corrected chi connectivity index (χ4v) is 3.17. The van der Waals surface area contributed by atoms with Gasteiger partial charge in [-0.05, 0) is 34.1 Å². The second kappa shape index (κ2) is 4.13. The Labute approximate surface area is 110 Å². The Bertz CT molecular complexity index is 698. The van der Waals surface area contributed by atoms with E-state index < -0.39 is 0 Å². The molecule has 0 unspecified atom stereocenters. The molecule has 0 amide bonds. The van der Waals surface area contributed by atoms with Gasteiger partial charge in [0.05, 0.1) is 8.66 Å². The van der Waals surface area contributed by atoms with E-state index in [1.807, 2.05) is 36.4 Å². The van der Waals surface area contributed by atoms with Crippen LogP contribution >= 0.6 is 27.3 Å². The van der Waals surface area contributed by atoms with Crippen LogP contribution < -0.4 is 0 Å². The lowest BCUT2D eigenvalue weighted by molar-refractivity contribution is 0.104. The molecule has 0 saturated carbocycles. The van der Waals surface area contributed by atoms with Crippen molar-refractivity contribution in [3.8, 4) is 0 Å². The minimum atomic E-state index is 0.0677. The van der Waals surface area contributed by atoms with Crippen LogP contribution in [0.5, 0.6) is 0 Å². The van der Waals surface area contributed by atoms with Gasteiger partial charge in [-0.3, -0.25) is 4.79 Å². The zero-order chi connectivity index (χ0) is 11.8. The highest BCUT2D eigenvalue weighted by atomic mass is 79.9. The van der Waals surface area contributed by atoms with E-state index >= 15 is 0 Å². The summed E-state index contributed by atoms with van der Waals surface area (Å²) < 4.78 is 0.973. The van der Waals surface area contributed by atoms with Crippen LogP contribution in [0.4, 0.5) is 0 Å². The fraction of sp³-hybridized carbons (Fsp3) is 0. The minimum absolute atomic E-state index is 0.0677. The number of aromatic nitrogens is 1. The van der Waals surface area contributed by atoms with Crippen molar-refractivity contribution in [3.63, 3.8) is 0 Å². The number of halogens is 1. The fourth-order valence-electron chi connectivity index (χ4n) is 1.83. The van der Waals surface area contributed by atoms with Crippen LogP contribution in [0.1, 0.15) is 15.2 Å². The summed E-state index contributed by atoms with van der Waals surface area (Å²) in [6.07, 6.45) is 1.78. The summed E-state index contributed by atoms with van der Waals surface area (Å²) in [6, 6.07) is 11.6. The number of hydrogen-bond donors (Lipinski definition) is 1. The van der Waals surface area contributed by atoms with E-state index in [0.29, 0.717) is 0 Å². The molecule has 2 nitrogen and oxygen atoms in total. The topological polar surface area (TPSA) is 32.9 Å². The smallest absolute Gasteiger partial charge is 0.205 e. The highest BCUT2D eigenvalue weighted by Gasteiger charge is 2.15. The number of benzene rings is 1.